The van der Waals surface area contributed by atoms with Crippen molar-refractivity contribution in [1.82, 2.24) is 0 Å². The van der Waals surface area contributed by atoms with E-state index >= 15 is 0 Å². The molecule has 1 aromatic rings. The van der Waals surface area contributed by atoms with Gasteiger partial charge in [-0.1, -0.05) is 11.6 Å². The Bertz CT molecular complexity index is 405. The van der Waals surface area contributed by atoms with Gasteiger partial charge in [0.2, 0.25) is 0 Å². The first-order chi connectivity index (χ1) is 7.13. The second-order valence-electron chi connectivity index (χ2n) is 3.47. The van der Waals surface area contributed by atoms with Crippen molar-refractivity contribution in [2.45, 2.75) is 6.10 Å². The van der Waals surface area contributed by atoms with E-state index in [4.69, 9.17) is 16.7 Å². The fourth-order valence-corrected chi connectivity index (χ4v) is 1.80. The molecule has 0 bridgehead atoms. The lowest BCUT2D eigenvalue weighted by atomic mass is 10.1. The first-order valence-electron chi connectivity index (χ1n) is 4.49. The Labute approximate surface area is 91.1 Å². The average Bonchev–Trinajstić information content (AvgIpc) is 2.18. The average molecular weight is 230 g/mol. The Morgan fingerprint density at radius 2 is 2.20 bits per heavy atom. The van der Waals surface area contributed by atoms with Crippen LogP contribution >= 0.6 is 11.6 Å². The molecular formula is C10H9ClFNO2. The standard InChI is InChI=1S/C10H9ClFNO2/c11-10-7(5-14)9(2-1-8(10)12)13-3-6(15)4-13/h1-2,5-6,15H,3-4H2. The quantitative estimate of drug-likeness (QED) is 0.781. The summed E-state index contributed by atoms with van der Waals surface area (Å²) in [5, 5.41) is 8.97. The van der Waals surface area contributed by atoms with E-state index in [1.165, 1.54) is 12.1 Å². The van der Waals surface area contributed by atoms with Gasteiger partial charge in [-0.15, -0.1) is 0 Å². The first-order valence-corrected chi connectivity index (χ1v) is 4.87. The minimum Gasteiger partial charge on any atom is -0.389 e. The van der Waals surface area contributed by atoms with Gasteiger partial charge in [0.25, 0.3) is 0 Å². The van der Waals surface area contributed by atoms with Gasteiger partial charge in [-0.05, 0) is 12.1 Å². The highest BCUT2D eigenvalue weighted by molar-refractivity contribution is 6.33. The molecule has 1 heterocycles. The minimum atomic E-state index is -0.608. The maximum Gasteiger partial charge on any atom is 0.153 e. The summed E-state index contributed by atoms with van der Waals surface area (Å²) in [6.45, 7) is 0.894. The van der Waals surface area contributed by atoms with Crippen LogP contribution < -0.4 is 4.90 Å². The maximum absolute atomic E-state index is 13.0. The Morgan fingerprint density at radius 3 is 2.73 bits per heavy atom. The lowest BCUT2D eigenvalue weighted by Gasteiger charge is -2.38. The summed E-state index contributed by atoms with van der Waals surface area (Å²) in [5.41, 5.74) is 0.713. The molecule has 5 heteroatoms. The number of hydrogen-bond donors (Lipinski definition) is 1. The molecule has 1 saturated heterocycles. The summed E-state index contributed by atoms with van der Waals surface area (Å²) in [4.78, 5) is 12.6. The summed E-state index contributed by atoms with van der Waals surface area (Å²) in [7, 11) is 0. The molecule has 15 heavy (non-hydrogen) atoms. The molecule has 0 aliphatic carbocycles. The molecule has 0 amide bonds. The fourth-order valence-electron chi connectivity index (χ4n) is 1.60. The van der Waals surface area contributed by atoms with Crippen LogP contribution in [0.2, 0.25) is 5.02 Å². The molecule has 1 N–H and O–H groups in total. The lowest BCUT2D eigenvalue weighted by Crippen LogP contribution is -2.51. The molecule has 1 fully saturated rings. The van der Waals surface area contributed by atoms with Crippen LogP contribution in [-0.2, 0) is 0 Å². The number of halogens is 2. The van der Waals surface area contributed by atoms with Gasteiger partial charge in [0, 0.05) is 18.8 Å². The zero-order valence-corrected chi connectivity index (χ0v) is 8.54. The molecule has 3 nitrogen and oxygen atoms in total. The molecule has 1 aliphatic heterocycles. The maximum atomic E-state index is 13.0. The van der Waals surface area contributed by atoms with Crippen LogP contribution in [0.1, 0.15) is 10.4 Å². The molecule has 2 rings (SSSR count). The number of aliphatic hydroxyl groups is 1. The van der Waals surface area contributed by atoms with Gasteiger partial charge in [0.15, 0.2) is 6.29 Å². The van der Waals surface area contributed by atoms with Crippen molar-refractivity contribution >= 4 is 23.6 Å². The van der Waals surface area contributed by atoms with Gasteiger partial charge in [-0.25, -0.2) is 4.39 Å². The Balaban J connectivity index is 2.39. The molecule has 0 unspecified atom stereocenters. The minimum absolute atomic E-state index is 0.142. The normalized spacial score (nSPS) is 16.3. The molecule has 80 valence electrons. The Morgan fingerprint density at radius 1 is 1.53 bits per heavy atom. The Kier molecular flexibility index (Phi) is 2.63. The van der Waals surface area contributed by atoms with Crippen molar-refractivity contribution in [2.24, 2.45) is 0 Å². The van der Waals surface area contributed by atoms with Crippen LogP contribution in [0.4, 0.5) is 10.1 Å². The van der Waals surface area contributed by atoms with Crippen LogP contribution in [0.25, 0.3) is 0 Å². The molecule has 1 aliphatic rings. The largest absolute Gasteiger partial charge is 0.389 e. The topological polar surface area (TPSA) is 40.5 Å². The van der Waals surface area contributed by atoms with Crippen molar-refractivity contribution in [3.8, 4) is 0 Å². The molecule has 0 atom stereocenters. The number of aldehydes is 1. The van der Waals surface area contributed by atoms with E-state index < -0.39 is 5.82 Å². The molecule has 0 spiro atoms. The summed E-state index contributed by atoms with van der Waals surface area (Å²) in [6, 6.07) is 2.71. The number of rotatable bonds is 2. The van der Waals surface area contributed by atoms with E-state index in [2.05, 4.69) is 0 Å². The SMILES string of the molecule is O=Cc1c(N2CC(O)C2)ccc(F)c1Cl. The number of hydrogen-bond acceptors (Lipinski definition) is 3. The van der Waals surface area contributed by atoms with Gasteiger partial charge in [0.05, 0.1) is 16.7 Å². The third-order valence-corrected chi connectivity index (χ3v) is 2.81. The van der Waals surface area contributed by atoms with E-state index in [-0.39, 0.29) is 16.7 Å². The van der Waals surface area contributed by atoms with Gasteiger partial charge in [0.1, 0.15) is 5.82 Å². The number of nitrogens with zero attached hydrogens (tertiary/aromatic N) is 1. The summed E-state index contributed by atoms with van der Waals surface area (Å²) >= 11 is 5.66. The highest BCUT2D eigenvalue weighted by Crippen LogP contribution is 2.30. The van der Waals surface area contributed by atoms with Gasteiger partial charge < -0.3 is 10.0 Å². The van der Waals surface area contributed by atoms with E-state index in [0.29, 0.717) is 25.1 Å². The lowest BCUT2D eigenvalue weighted by molar-refractivity contribution is 0.112. The smallest absolute Gasteiger partial charge is 0.153 e. The highest BCUT2D eigenvalue weighted by Gasteiger charge is 2.27. The zero-order chi connectivity index (χ0) is 11.0. The van der Waals surface area contributed by atoms with Crippen molar-refractivity contribution in [3.63, 3.8) is 0 Å². The number of benzene rings is 1. The molecule has 1 aromatic carbocycles. The second kappa shape index (κ2) is 3.79. The van der Waals surface area contributed by atoms with Gasteiger partial charge in [-0.3, -0.25) is 4.79 Å². The molecule has 0 radical (unpaired) electrons. The zero-order valence-electron chi connectivity index (χ0n) is 7.78. The summed E-state index contributed by atoms with van der Waals surface area (Å²) in [6.07, 6.45) is 0.152. The van der Waals surface area contributed by atoms with E-state index in [1.54, 1.807) is 4.90 Å². The number of anilines is 1. The van der Waals surface area contributed by atoms with Crippen molar-refractivity contribution < 1.29 is 14.3 Å². The van der Waals surface area contributed by atoms with Crippen molar-refractivity contribution in [3.05, 3.63) is 28.5 Å². The van der Waals surface area contributed by atoms with Gasteiger partial charge >= 0.3 is 0 Å². The van der Waals surface area contributed by atoms with E-state index in [0.717, 1.165) is 0 Å². The number of β-amino-alcohol motifs (C(OH)–C–C–N with tert-alkyl or cyclic N) is 1. The van der Waals surface area contributed by atoms with Crippen LogP contribution in [-0.4, -0.2) is 30.6 Å². The molecular weight excluding hydrogens is 221 g/mol. The van der Waals surface area contributed by atoms with E-state index in [1.807, 2.05) is 0 Å². The third-order valence-electron chi connectivity index (χ3n) is 2.43. The molecule has 0 saturated carbocycles. The van der Waals surface area contributed by atoms with E-state index in [9.17, 15) is 9.18 Å². The second-order valence-corrected chi connectivity index (χ2v) is 3.85. The first kappa shape index (κ1) is 10.4. The summed E-state index contributed by atoms with van der Waals surface area (Å²) < 4.78 is 13.0. The van der Waals surface area contributed by atoms with Crippen molar-refractivity contribution in [1.29, 1.82) is 0 Å². The predicted molar refractivity (Wildman–Crippen MR) is 55.0 cm³/mol. The van der Waals surface area contributed by atoms with Crippen LogP contribution in [0.3, 0.4) is 0 Å². The van der Waals surface area contributed by atoms with Gasteiger partial charge in [-0.2, -0.15) is 0 Å². The molecule has 0 aromatic heterocycles. The monoisotopic (exact) mass is 229 g/mol. The predicted octanol–water partition coefficient (Wildman–Crippen LogP) is 1.47. The summed E-state index contributed by atoms with van der Waals surface area (Å²) in [5.74, 6) is -0.608. The third kappa shape index (κ3) is 1.70. The fraction of sp³-hybridized carbons (Fsp3) is 0.300. The van der Waals surface area contributed by atoms with Crippen molar-refractivity contribution in [2.75, 3.05) is 18.0 Å². The number of carbonyl (C=O) groups is 1. The number of carbonyl (C=O) groups excluding carboxylic acids is 1. The number of aliphatic hydroxyl groups excluding tert-OH is 1. The van der Waals surface area contributed by atoms with Crippen LogP contribution in [0.5, 0.6) is 0 Å². The highest BCUT2D eigenvalue weighted by atomic mass is 35.5. The van der Waals surface area contributed by atoms with Crippen LogP contribution in [0.15, 0.2) is 12.1 Å². The Hall–Kier alpha value is -1.13. The van der Waals surface area contributed by atoms with Crippen LogP contribution in [0, 0.1) is 5.82 Å².